The minimum Gasteiger partial charge on any atom is -0.404 e. The fraction of sp³-hybridized carbons (Fsp3) is 0.375. The van der Waals surface area contributed by atoms with Crippen molar-refractivity contribution in [3.05, 3.63) is 36.3 Å². The van der Waals surface area contributed by atoms with E-state index in [4.69, 9.17) is 11.1 Å². The summed E-state index contributed by atoms with van der Waals surface area (Å²) in [7, 11) is 0. The van der Waals surface area contributed by atoms with E-state index >= 15 is 0 Å². The molecule has 1 aliphatic rings. The molecule has 0 radical (unpaired) electrons. The summed E-state index contributed by atoms with van der Waals surface area (Å²) in [6, 6.07) is 6.64. The van der Waals surface area contributed by atoms with Crippen molar-refractivity contribution < 1.29 is 0 Å². The van der Waals surface area contributed by atoms with Crippen LogP contribution in [-0.2, 0) is 6.54 Å². The largest absolute Gasteiger partial charge is 0.404 e. The highest BCUT2D eigenvalue weighted by molar-refractivity contribution is 6.07. The first-order valence-corrected chi connectivity index (χ1v) is 7.33. The third kappa shape index (κ3) is 2.69. The lowest BCUT2D eigenvalue weighted by atomic mass is 10.1. The quantitative estimate of drug-likeness (QED) is 0.751. The van der Waals surface area contributed by atoms with Crippen molar-refractivity contribution in [3.8, 4) is 0 Å². The van der Waals surface area contributed by atoms with Gasteiger partial charge in [-0.15, -0.1) is 0 Å². The summed E-state index contributed by atoms with van der Waals surface area (Å²) in [5.41, 5.74) is 8.99. The molecule has 0 amide bonds. The van der Waals surface area contributed by atoms with Crippen LogP contribution in [0.3, 0.4) is 0 Å². The fourth-order valence-corrected chi connectivity index (χ4v) is 3.05. The monoisotopic (exact) mass is 283 g/mol. The molecule has 2 aromatic heterocycles. The Balaban J connectivity index is 1.87. The Morgan fingerprint density at radius 1 is 1.52 bits per heavy atom. The molecule has 0 bridgehead atoms. The zero-order chi connectivity index (χ0) is 14.8. The van der Waals surface area contributed by atoms with Crippen molar-refractivity contribution in [2.24, 2.45) is 11.7 Å². The standard InChI is InChI=1S/C16H21N5/c1-11-6-12(9-19-11)10-21-5-4-15-16(21)3-2-14(20-15)13(7-17)8-18/h2-5,7-8,11-12,17,19H,6,9-10,18H2,1H3/t11-,12?/m0/s1. The van der Waals surface area contributed by atoms with E-state index < -0.39 is 0 Å². The molecule has 5 heteroatoms. The van der Waals surface area contributed by atoms with Gasteiger partial charge in [0.1, 0.15) is 0 Å². The summed E-state index contributed by atoms with van der Waals surface area (Å²) in [6.45, 7) is 4.34. The Bertz CT molecular complexity index is 685. The van der Waals surface area contributed by atoms with Crippen LogP contribution in [0.25, 0.3) is 16.6 Å². The molecule has 1 fully saturated rings. The number of nitrogens with zero attached hydrogens (tertiary/aromatic N) is 2. The molecule has 4 N–H and O–H groups in total. The van der Waals surface area contributed by atoms with Gasteiger partial charge in [0, 0.05) is 36.8 Å². The number of nitrogens with one attached hydrogen (secondary N) is 2. The van der Waals surface area contributed by atoms with Crippen LogP contribution in [0.4, 0.5) is 0 Å². The Morgan fingerprint density at radius 3 is 3.05 bits per heavy atom. The van der Waals surface area contributed by atoms with Crippen LogP contribution in [0.2, 0.25) is 0 Å². The third-order valence-corrected chi connectivity index (χ3v) is 4.15. The Labute approximate surface area is 124 Å². The zero-order valence-corrected chi connectivity index (χ0v) is 12.2. The maximum absolute atomic E-state index is 7.35. The zero-order valence-electron chi connectivity index (χ0n) is 12.2. The van der Waals surface area contributed by atoms with E-state index in [1.54, 1.807) is 0 Å². The molecule has 0 saturated carbocycles. The van der Waals surface area contributed by atoms with E-state index in [9.17, 15) is 0 Å². The molecule has 0 spiro atoms. The minimum absolute atomic E-state index is 0.617. The smallest absolute Gasteiger partial charge is 0.0888 e. The van der Waals surface area contributed by atoms with Crippen LogP contribution >= 0.6 is 0 Å². The number of fused-ring (bicyclic) bond motifs is 1. The molecule has 3 heterocycles. The summed E-state index contributed by atoms with van der Waals surface area (Å²) in [4.78, 5) is 4.59. The van der Waals surface area contributed by atoms with E-state index in [1.165, 1.54) is 18.8 Å². The van der Waals surface area contributed by atoms with E-state index in [0.29, 0.717) is 17.5 Å². The molecule has 2 aromatic rings. The fourth-order valence-electron chi connectivity index (χ4n) is 3.05. The topological polar surface area (TPSA) is 79.7 Å². The number of aromatic nitrogens is 2. The van der Waals surface area contributed by atoms with Crippen LogP contribution in [0.5, 0.6) is 0 Å². The van der Waals surface area contributed by atoms with Crippen LogP contribution in [-0.4, -0.2) is 28.4 Å². The van der Waals surface area contributed by atoms with Crippen molar-refractivity contribution >= 4 is 22.8 Å². The van der Waals surface area contributed by atoms with Gasteiger partial charge in [0.05, 0.1) is 16.7 Å². The molecular weight excluding hydrogens is 262 g/mol. The van der Waals surface area contributed by atoms with Gasteiger partial charge in [0.15, 0.2) is 0 Å². The second-order valence-electron chi connectivity index (χ2n) is 5.75. The normalized spacial score (nSPS) is 22.8. The van der Waals surface area contributed by atoms with Gasteiger partial charge in [-0.2, -0.15) is 0 Å². The number of hydrogen-bond acceptors (Lipinski definition) is 4. The lowest BCUT2D eigenvalue weighted by Crippen LogP contribution is -2.17. The first-order valence-electron chi connectivity index (χ1n) is 7.33. The summed E-state index contributed by atoms with van der Waals surface area (Å²) < 4.78 is 2.27. The highest BCUT2D eigenvalue weighted by Crippen LogP contribution is 2.21. The predicted octanol–water partition coefficient (Wildman–Crippen LogP) is 1.98. The Hall–Kier alpha value is -2.14. The molecule has 5 nitrogen and oxygen atoms in total. The molecule has 1 unspecified atom stereocenters. The molecule has 1 saturated heterocycles. The maximum Gasteiger partial charge on any atom is 0.0888 e. The van der Waals surface area contributed by atoms with Crippen LogP contribution in [0.15, 0.2) is 30.6 Å². The lowest BCUT2D eigenvalue weighted by Gasteiger charge is -2.11. The molecule has 0 aliphatic carbocycles. The highest BCUT2D eigenvalue weighted by atomic mass is 15.0. The molecule has 1 aliphatic heterocycles. The van der Waals surface area contributed by atoms with Crippen LogP contribution in [0.1, 0.15) is 19.0 Å². The Kier molecular flexibility index (Phi) is 3.75. The molecule has 21 heavy (non-hydrogen) atoms. The van der Waals surface area contributed by atoms with E-state index in [0.717, 1.165) is 29.8 Å². The van der Waals surface area contributed by atoms with Gasteiger partial charge in [0.2, 0.25) is 0 Å². The molecular formula is C16H21N5. The number of nitrogens with two attached hydrogens (primary N) is 1. The van der Waals surface area contributed by atoms with Gasteiger partial charge in [-0.25, -0.2) is 4.98 Å². The Morgan fingerprint density at radius 2 is 2.38 bits per heavy atom. The second kappa shape index (κ2) is 5.69. The van der Waals surface area contributed by atoms with E-state index in [-0.39, 0.29) is 0 Å². The highest BCUT2D eigenvalue weighted by Gasteiger charge is 2.21. The number of allylic oxidation sites excluding steroid dienone is 1. The van der Waals surface area contributed by atoms with Crippen LogP contribution < -0.4 is 11.1 Å². The first-order chi connectivity index (χ1) is 10.2. The van der Waals surface area contributed by atoms with Crippen molar-refractivity contribution in [2.45, 2.75) is 25.9 Å². The molecule has 3 rings (SSSR count). The van der Waals surface area contributed by atoms with E-state index in [2.05, 4.69) is 34.1 Å². The average molecular weight is 283 g/mol. The van der Waals surface area contributed by atoms with Gasteiger partial charge >= 0.3 is 0 Å². The SMILES string of the molecule is C[C@H]1CC(Cn2ccc3nc(C(C=N)=CN)ccc32)CN1. The van der Waals surface area contributed by atoms with Crippen molar-refractivity contribution in [1.29, 1.82) is 5.41 Å². The number of rotatable bonds is 4. The molecule has 2 atom stereocenters. The van der Waals surface area contributed by atoms with Gasteiger partial charge in [0.25, 0.3) is 0 Å². The van der Waals surface area contributed by atoms with Gasteiger partial charge in [-0.1, -0.05) is 0 Å². The number of hydrogen-bond donors (Lipinski definition) is 3. The lowest BCUT2D eigenvalue weighted by molar-refractivity contribution is 0.483. The minimum atomic E-state index is 0.617. The predicted molar refractivity (Wildman–Crippen MR) is 86.3 cm³/mol. The second-order valence-corrected chi connectivity index (χ2v) is 5.75. The maximum atomic E-state index is 7.35. The van der Waals surface area contributed by atoms with Crippen LogP contribution in [0, 0.1) is 11.3 Å². The summed E-state index contributed by atoms with van der Waals surface area (Å²) >= 11 is 0. The van der Waals surface area contributed by atoms with Crippen molar-refractivity contribution in [3.63, 3.8) is 0 Å². The van der Waals surface area contributed by atoms with Gasteiger partial charge in [-0.05, 0) is 44.0 Å². The molecule has 110 valence electrons. The first kappa shape index (κ1) is 13.8. The number of pyridine rings is 1. The average Bonchev–Trinajstić information content (AvgIpc) is 3.07. The molecule has 0 aromatic carbocycles. The summed E-state index contributed by atoms with van der Waals surface area (Å²) in [5.74, 6) is 0.677. The van der Waals surface area contributed by atoms with Crippen molar-refractivity contribution in [2.75, 3.05) is 6.54 Å². The van der Waals surface area contributed by atoms with Gasteiger partial charge in [-0.3, -0.25) is 0 Å². The summed E-state index contributed by atoms with van der Waals surface area (Å²) in [5, 5.41) is 10.8. The van der Waals surface area contributed by atoms with Crippen molar-refractivity contribution in [1.82, 2.24) is 14.9 Å². The summed E-state index contributed by atoms with van der Waals surface area (Å²) in [6.07, 6.45) is 5.97. The third-order valence-electron chi connectivity index (χ3n) is 4.15. The van der Waals surface area contributed by atoms with E-state index in [1.807, 2.05) is 12.1 Å². The van der Waals surface area contributed by atoms with Gasteiger partial charge < -0.3 is 21.0 Å².